The summed E-state index contributed by atoms with van der Waals surface area (Å²) >= 11 is 0. The Morgan fingerprint density at radius 1 is 1.11 bits per heavy atom. The first-order chi connectivity index (χ1) is 9.08. The molecule has 1 N–H and O–H groups in total. The summed E-state index contributed by atoms with van der Waals surface area (Å²) in [6.45, 7) is 0.992. The van der Waals surface area contributed by atoms with Crippen molar-refractivity contribution in [2.75, 3.05) is 13.2 Å². The Bertz CT molecular complexity index is 534. The van der Waals surface area contributed by atoms with Gasteiger partial charge in [0.1, 0.15) is 6.42 Å². The molecule has 0 atom stereocenters. The van der Waals surface area contributed by atoms with Gasteiger partial charge in [-0.2, -0.15) is 0 Å². The van der Waals surface area contributed by atoms with Gasteiger partial charge in [0.2, 0.25) is 11.6 Å². The molecule has 1 aliphatic heterocycles. The number of ether oxygens (including phenoxy) is 2. The van der Waals surface area contributed by atoms with Crippen molar-refractivity contribution < 1.29 is 29.0 Å². The monoisotopic (exact) mass is 264 g/mol. The summed E-state index contributed by atoms with van der Waals surface area (Å²) in [5.41, 5.74) is 0.107. The number of carboxylic acids is 1. The van der Waals surface area contributed by atoms with E-state index in [1.807, 2.05) is 0 Å². The molecule has 1 aliphatic rings. The standard InChI is InChI=1S/C13H12O6/c14-9(7-12(15)16)13(17)8-2-3-10-11(6-8)19-5-1-4-18-10/h2-3,6H,1,4-5,7H2,(H,15,16). The van der Waals surface area contributed by atoms with Crippen LogP contribution in [-0.2, 0) is 9.59 Å². The van der Waals surface area contributed by atoms with E-state index in [2.05, 4.69) is 0 Å². The van der Waals surface area contributed by atoms with Crippen molar-refractivity contribution in [2.24, 2.45) is 0 Å². The molecule has 0 amide bonds. The molecule has 0 bridgehead atoms. The predicted octanol–water partition coefficient (Wildman–Crippen LogP) is 1.07. The lowest BCUT2D eigenvalue weighted by molar-refractivity contribution is -0.139. The average molecular weight is 264 g/mol. The minimum Gasteiger partial charge on any atom is -0.490 e. The van der Waals surface area contributed by atoms with Crippen molar-refractivity contribution in [1.29, 1.82) is 0 Å². The van der Waals surface area contributed by atoms with Crippen LogP contribution in [0.15, 0.2) is 18.2 Å². The molecular weight excluding hydrogens is 252 g/mol. The molecule has 0 radical (unpaired) electrons. The van der Waals surface area contributed by atoms with Crippen LogP contribution < -0.4 is 9.47 Å². The van der Waals surface area contributed by atoms with Gasteiger partial charge in [-0.05, 0) is 18.2 Å². The molecule has 100 valence electrons. The summed E-state index contributed by atoms with van der Waals surface area (Å²) in [4.78, 5) is 33.5. The number of fused-ring (bicyclic) bond motifs is 1. The van der Waals surface area contributed by atoms with Crippen molar-refractivity contribution >= 4 is 17.5 Å². The SMILES string of the molecule is O=C(O)CC(=O)C(=O)c1ccc2c(c1)OCCCO2. The third-order valence-corrected chi connectivity index (χ3v) is 2.57. The summed E-state index contributed by atoms with van der Waals surface area (Å²) in [5.74, 6) is -2.21. The van der Waals surface area contributed by atoms with Crippen LogP contribution in [0.25, 0.3) is 0 Å². The number of hydrogen-bond donors (Lipinski definition) is 1. The molecule has 0 aliphatic carbocycles. The zero-order chi connectivity index (χ0) is 13.8. The normalized spacial score (nSPS) is 13.5. The zero-order valence-corrected chi connectivity index (χ0v) is 10.0. The lowest BCUT2D eigenvalue weighted by atomic mass is 10.0. The fraction of sp³-hybridized carbons (Fsp3) is 0.308. The van der Waals surface area contributed by atoms with Crippen molar-refractivity contribution in [3.63, 3.8) is 0 Å². The Hall–Kier alpha value is -2.37. The van der Waals surface area contributed by atoms with Gasteiger partial charge < -0.3 is 14.6 Å². The number of Topliss-reactive ketones (excluding diaryl/α,β-unsaturated/α-hetero) is 2. The van der Waals surface area contributed by atoms with Crippen LogP contribution in [0.3, 0.4) is 0 Å². The lowest BCUT2D eigenvalue weighted by Gasteiger charge is -2.08. The van der Waals surface area contributed by atoms with Crippen LogP contribution in [0.5, 0.6) is 11.5 Å². The highest BCUT2D eigenvalue weighted by Crippen LogP contribution is 2.30. The Balaban J connectivity index is 2.21. The third kappa shape index (κ3) is 3.09. The number of benzene rings is 1. The Morgan fingerprint density at radius 2 is 1.79 bits per heavy atom. The summed E-state index contributed by atoms with van der Waals surface area (Å²) in [6, 6.07) is 4.38. The van der Waals surface area contributed by atoms with E-state index in [9.17, 15) is 14.4 Å². The molecular formula is C13H12O6. The molecule has 1 aromatic rings. The van der Waals surface area contributed by atoms with Gasteiger partial charge in [-0.15, -0.1) is 0 Å². The number of aliphatic carboxylic acids is 1. The largest absolute Gasteiger partial charge is 0.490 e. The van der Waals surface area contributed by atoms with Crippen LogP contribution in [0.4, 0.5) is 0 Å². The Labute approximate surface area is 108 Å². The molecule has 0 fully saturated rings. The number of carboxylic acid groups (broad SMARTS) is 1. The van der Waals surface area contributed by atoms with E-state index in [0.717, 1.165) is 6.42 Å². The van der Waals surface area contributed by atoms with E-state index < -0.39 is 24.0 Å². The molecule has 1 heterocycles. The molecule has 6 nitrogen and oxygen atoms in total. The van der Waals surface area contributed by atoms with E-state index in [0.29, 0.717) is 24.7 Å². The van der Waals surface area contributed by atoms with Gasteiger partial charge in [-0.3, -0.25) is 14.4 Å². The van der Waals surface area contributed by atoms with Gasteiger partial charge in [0.05, 0.1) is 13.2 Å². The number of rotatable bonds is 4. The van der Waals surface area contributed by atoms with Crippen LogP contribution in [0.1, 0.15) is 23.2 Å². The molecule has 6 heteroatoms. The number of carbonyl (C=O) groups excluding carboxylic acids is 2. The van der Waals surface area contributed by atoms with Crippen LogP contribution in [0, 0.1) is 0 Å². The second-order valence-corrected chi connectivity index (χ2v) is 4.03. The highest BCUT2D eigenvalue weighted by atomic mass is 16.5. The number of carbonyl (C=O) groups is 3. The summed E-state index contributed by atoms with van der Waals surface area (Å²) < 4.78 is 10.8. The van der Waals surface area contributed by atoms with Gasteiger partial charge in [-0.1, -0.05) is 0 Å². The minimum atomic E-state index is -1.33. The highest BCUT2D eigenvalue weighted by molar-refractivity contribution is 6.45. The van der Waals surface area contributed by atoms with Gasteiger partial charge in [0.15, 0.2) is 11.5 Å². The van der Waals surface area contributed by atoms with Crippen LogP contribution in [0.2, 0.25) is 0 Å². The number of hydrogen-bond acceptors (Lipinski definition) is 5. The molecule has 0 saturated heterocycles. The first-order valence-corrected chi connectivity index (χ1v) is 5.77. The summed E-state index contributed by atoms with van der Waals surface area (Å²) in [5, 5.41) is 8.49. The van der Waals surface area contributed by atoms with Crippen molar-refractivity contribution in [3.8, 4) is 11.5 Å². The average Bonchev–Trinajstić information content (AvgIpc) is 2.61. The quantitative estimate of drug-likeness (QED) is 0.497. The molecule has 1 aromatic carbocycles. The smallest absolute Gasteiger partial charge is 0.311 e. The Kier molecular flexibility index (Phi) is 3.79. The van der Waals surface area contributed by atoms with E-state index in [-0.39, 0.29) is 5.56 Å². The second kappa shape index (κ2) is 5.51. The minimum absolute atomic E-state index is 0.107. The summed E-state index contributed by atoms with van der Waals surface area (Å²) in [7, 11) is 0. The second-order valence-electron chi connectivity index (χ2n) is 4.03. The van der Waals surface area contributed by atoms with E-state index in [1.165, 1.54) is 12.1 Å². The molecule has 0 unspecified atom stereocenters. The molecule has 0 aromatic heterocycles. The zero-order valence-electron chi connectivity index (χ0n) is 10.0. The van der Waals surface area contributed by atoms with Crippen molar-refractivity contribution in [1.82, 2.24) is 0 Å². The molecule has 2 rings (SSSR count). The highest BCUT2D eigenvalue weighted by Gasteiger charge is 2.21. The fourth-order valence-corrected chi connectivity index (χ4v) is 1.68. The van der Waals surface area contributed by atoms with E-state index in [4.69, 9.17) is 14.6 Å². The first-order valence-electron chi connectivity index (χ1n) is 5.77. The van der Waals surface area contributed by atoms with Gasteiger partial charge in [0.25, 0.3) is 0 Å². The molecule has 0 saturated carbocycles. The maximum Gasteiger partial charge on any atom is 0.311 e. The van der Waals surface area contributed by atoms with Crippen LogP contribution >= 0.6 is 0 Å². The topological polar surface area (TPSA) is 89.9 Å². The van der Waals surface area contributed by atoms with Crippen molar-refractivity contribution in [3.05, 3.63) is 23.8 Å². The lowest BCUT2D eigenvalue weighted by Crippen LogP contribution is -2.17. The van der Waals surface area contributed by atoms with E-state index in [1.54, 1.807) is 6.07 Å². The number of ketones is 2. The predicted molar refractivity (Wildman–Crippen MR) is 63.6 cm³/mol. The summed E-state index contributed by atoms with van der Waals surface area (Å²) in [6.07, 6.45) is -0.0802. The molecule has 0 spiro atoms. The maximum atomic E-state index is 11.7. The van der Waals surface area contributed by atoms with Crippen LogP contribution in [-0.4, -0.2) is 35.9 Å². The maximum absolute atomic E-state index is 11.7. The van der Waals surface area contributed by atoms with E-state index >= 15 is 0 Å². The Morgan fingerprint density at radius 3 is 2.47 bits per heavy atom. The first kappa shape index (κ1) is 13.1. The van der Waals surface area contributed by atoms with Gasteiger partial charge in [-0.25, -0.2) is 0 Å². The van der Waals surface area contributed by atoms with Gasteiger partial charge >= 0.3 is 5.97 Å². The third-order valence-electron chi connectivity index (χ3n) is 2.57. The fourth-order valence-electron chi connectivity index (χ4n) is 1.68. The van der Waals surface area contributed by atoms with Crippen molar-refractivity contribution in [2.45, 2.75) is 12.8 Å². The molecule has 19 heavy (non-hydrogen) atoms. The van der Waals surface area contributed by atoms with Gasteiger partial charge in [0, 0.05) is 12.0 Å².